The van der Waals surface area contributed by atoms with Gasteiger partial charge in [-0.05, 0) is 48.4 Å². The smallest absolute Gasteiger partial charge is 0.138 e. The maximum absolute atomic E-state index is 5.49. The first kappa shape index (κ1) is 21.6. The van der Waals surface area contributed by atoms with E-state index in [0.29, 0.717) is 0 Å². The van der Waals surface area contributed by atoms with Gasteiger partial charge >= 0.3 is 0 Å². The minimum absolute atomic E-state index is 0.824. The van der Waals surface area contributed by atoms with Crippen molar-refractivity contribution < 1.29 is 4.74 Å². The quantitative estimate of drug-likeness (QED) is 0.416. The molecule has 0 spiro atoms. The Balaban J connectivity index is 1.37. The molecule has 1 aliphatic heterocycles. The van der Waals surface area contributed by atoms with Gasteiger partial charge in [-0.2, -0.15) is 0 Å². The van der Waals surface area contributed by atoms with Gasteiger partial charge in [-0.25, -0.2) is 4.98 Å². The summed E-state index contributed by atoms with van der Waals surface area (Å²) in [4.78, 5) is 16.7. The minimum atomic E-state index is 0.824. The number of hydrogen-bond donors (Lipinski definition) is 0. The third-order valence-electron chi connectivity index (χ3n) is 6.47. The van der Waals surface area contributed by atoms with Crippen molar-refractivity contribution in [2.75, 3.05) is 32.8 Å². The van der Waals surface area contributed by atoms with Gasteiger partial charge in [0.25, 0.3) is 0 Å². The second-order valence-electron chi connectivity index (χ2n) is 8.82. The Hall–Kier alpha value is -3.87. The van der Waals surface area contributed by atoms with E-state index >= 15 is 0 Å². The number of aromatic nitrogens is 4. The van der Waals surface area contributed by atoms with Crippen molar-refractivity contribution in [2.45, 2.75) is 6.42 Å². The summed E-state index contributed by atoms with van der Waals surface area (Å²) >= 11 is 0. The summed E-state index contributed by atoms with van der Waals surface area (Å²) in [6.07, 6.45) is 15.6. The Bertz CT molecular complexity index is 1430. The maximum Gasteiger partial charge on any atom is 0.138 e. The van der Waals surface area contributed by atoms with Gasteiger partial charge < -0.3 is 4.74 Å². The number of imidazole rings is 1. The van der Waals surface area contributed by atoms with Gasteiger partial charge in [-0.15, -0.1) is 0 Å². The molecule has 35 heavy (non-hydrogen) atoms. The van der Waals surface area contributed by atoms with E-state index in [2.05, 4.69) is 50.9 Å². The van der Waals surface area contributed by atoms with Crippen molar-refractivity contribution in [2.24, 2.45) is 0 Å². The fraction of sp³-hybridized carbons (Fsp3) is 0.207. The summed E-state index contributed by atoms with van der Waals surface area (Å²) in [7, 11) is 0. The average Bonchev–Trinajstić information content (AvgIpc) is 3.16. The first-order valence-corrected chi connectivity index (χ1v) is 12.1. The van der Waals surface area contributed by atoms with Crippen LogP contribution in [0.2, 0.25) is 0 Å². The number of pyridine rings is 3. The van der Waals surface area contributed by atoms with Gasteiger partial charge in [0.15, 0.2) is 0 Å². The molecule has 1 aliphatic carbocycles. The Morgan fingerprint density at radius 1 is 0.886 bits per heavy atom. The molecule has 5 heterocycles. The van der Waals surface area contributed by atoms with E-state index < -0.39 is 0 Å². The Morgan fingerprint density at radius 2 is 1.77 bits per heavy atom. The van der Waals surface area contributed by atoms with Crippen molar-refractivity contribution in [1.82, 2.24) is 24.3 Å². The maximum atomic E-state index is 5.49. The molecule has 6 nitrogen and oxygen atoms in total. The van der Waals surface area contributed by atoms with Crippen LogP contribution in [0.25, 0.3) is 33.9 Å². The molecule has 6 heteroatoms. The molecule has 1 saturated heterocycles. The first-order chi connectivity index (χ1) is 17.3. The SMILES string of the molecule is C1=CC(c2cc(-c3c(-c4ccccn4)nc4ccccn34)ccn2)=CC=C(CN2CCOCC2)C1. The Labute approximate surface area is 204 Å². The summed E-state index contributed by atoms with van der Waals surface area (Å²) in [5.41, 5.74) is 8.16. The molecule has 0 amide bonds. The first-order valence-electron chi connectivity index (χ1n) is 12.1. The highest BCUT2D eigenvalue weighted by molar-refractivity contribution is 5.83. The lowest BCUT2D eigenvalue weighted by atomic mass is 10.0. The second-order valence-corrected chi connectivity index (χ2v) is 8.82. The summed E-state index contributed by atoms with van der Waals surface area (Å²) in [6.45, 7) is 4.63. The van der Waals surface area contributed by atoms with Crippen LogP contribution >= 0.6 is 0 Å². The number of nitrogens with zero attached hydrogens (tertiary/aromatic N) is 5. The zero-order valence-electron chi connectivity index (χ0n) is 19.5. The van der Waals surface area contributed by atoms with E-state index in [-0.39, 0.29) is 0 Å². The van der Waals surface area contributed by atoms with E-state index in [4.69, 9.17) is 14.7 Å². The number of fused-ring (bicyclic) bond motifs is 1. The predicted molar refractivity (Wildman–Crippen MR) is 139 cm³/mol. The molecule has 4 aromatic rings. The van der Waals surface area contributed by atoms with Crippen LogP contribution in [0.4, 0.5) is 0 Å². The molecule has 1 fully saturated rings. The van der Waals surface area contributed by atoms with E-state index in [1.165, 1.54) is 5.57 Å². The molecular weight excluding hydrogens is 434 g/mol. The molecular formula is C29H27N5O. The van der Waals surface area contributed by atoms with Crippen LogP contribution < -0.4 is 0 Å². The van der Waals surface area contributed by atoms with Gasteiger partial charge in [0.1, 0.15) is 11.3 Å². The topological polar surface area (TPSA) is 55.5 Å². The Morgan fingerprint density at radius 3 is 2.66 bits per heavy atom. The monoisotopic (exact) mass is 461 g/mol. The Kier molecular flexibility index (Phi) is 6.05. The number of ether oxygens (including phenoxy) is 1. The van der Waals surface area contributed by atoms with Gasteiger partial charge in [0.05, 0.1) is 30.3 Å². The summed E-state index contributed by atoms with van der Waals surface area (Å²) < 4.78 is 7.61. The van der Waals surface area contributed by atoms with Crippen LogP contribution in [0.3, 0.4) is 0 Å². The van der Waals surface area contributed by atoms with Crippen molar-refractivity contribution in [3.63, 3.8) is 0 Å². The number of hydrogen-bond acceptors (Lipinski definition) is 5. The van der Waals surface area contributed by atoms with Crippen LogP contribution in [0.5, 0.6) is 0 Å². The van der Waals surface area contributed by atoms with Gasteiger partial charge in [0.2, 0.25) is 0 Å². The van der Waals surface area contributed by atoms with E-state index in [1.807, 2.05) is 54.9 Å². The molecule has 4 aromatic heterocycles. The molecule has 0 aromatic carbocycles. The number of rotatable bonds is 5. The lowest BCUT2D eigenvalue weighted by molar-refractivity contribution is 0.0421. The lowest BCUT2D eigenvalue weighted by Gasteiger charge is -2.27. The third kappa shape index (κ3) is 4.58. The molecule has 0 saturated carbocycles. The minimum Gasteiger partial charge on any atom is -0.379 e. The van der Waals surface area contributed by atoms with Crippen molar-refractivity contribution >= 4 is 11.2 Å². The van der Waals surface area contributed by atoms with Crippen molar-refractivity contribution in [1.29, 1.82) is 0 Å². The van der Waals surface area contributed by atoms with Gasteiger partial charge in [-0.3, -0.25) is 19.3 Å². The average molecular weight is 462 g/mol. The number of allylic oxidation sites excluding steroid dienone is 5. The molecule has 2 aliphatic rings. The van der Waals surface area contributed by atoms with Crippen LogP contribution in [0.15, 0.2) is 97.0 Å². The normalized spacial score (nSPS) is 16.7. The highest BCUT2D eigenvalue weighted by atomic mass is 16.5. The van der Waals surface area contributed by atoms with E-state index in [0.717, 1.165) is 78.8 Å². The molecule has 0 atom stereocenters. The van der Waals surface area contributed by atoms with Crippen molar-refractivity contribution in [3.05, 3.63) is 103 Å². The van der Waals surface area contributed by atoms with Crippen molar-refractivity contribution in [3.8, 4) is 22.6 Å². The van der Waals surface area contributed by atoms with E-state index in [1.54, 1.807) is 0 Å². The standard InChI is InChI=1S/C29H27N5O/c1-3-13-30-25(8-1)28-29(34-15-4-2-9-27(34)32-28)24-12-14-31-26(20-24)23-7-5-6-22(10-11-23)21-33-16-18-35-19-17-33/h1-5,7-15,20H,6,16-19,21H2. The highest BCUT2D eigenvalue weighted by Crippen LogP contribution is 2.33. The number of morpholine rings is 1. The molecule has 0 bridgehead atoms. The van der Waals surface area contributed by atoms with Crippen LogP contribution in [0.1, 0.15) is 12.1 Å². The summed E-state index contributed by atoms with van der Waals surface area (Å²) in [6, 6.07) is 16.2. The highest BCUT2D eigenvalue weighted by Gasteiger charge is 2.18. The molecule has 174 valence electrons. The van der Waals surface area contributed by atoms with Crippen LogP contribution in [-0.4, -0.2) is 57.1 Å². The fourth-order valence-electron chi connectivity index (χ4n) is 4.69. The second kappa shape index (κ2) is 9.78. The van der Waals surface area contributed by atoms with Gasteiger partial charge in [0, 0.05) is 43.8 Å². The molecule has 6 rings (SSSR count). The van der Waals surface area contributed by atoms with E-state index in [9.17, 15) is 0 Å². The summed E-state index contributed by atoms with van der Waals surface area (Å²) in [5.74, 6) is 0. The van der Waals surface area contributed by atoms with Crippen LogP contribution in [0, 0.1) is 0 Å². The lowest BCUT2D eigenvalue weighted by Crippen LogP contribution is -2.37. The molecule has 0 N–H and O–H groups in total. The van der Waals surface area contributed by atoms with Crippen LogP contribution in [-0.2, 0) is 4.74 Å². The zero-order chi connectivity index (χ0) is 23.5. The summed E-state index contributed by atoms with van der Waals surface area (Å²) in [5, 5.41) is 0. The molecule has 0 unspecified atom stereocenters. The zero-order valence-corrected chi connectivity index (χ0v) is 19.5. The van der Waals surface area contributed by atoms with Gasteiger partial charge in [-0.1, -0.05) is 42.0 Å². The molecule has 0 radical (unpaired) electrons. The predicted octanol–water partition coefficient (Wildman–Crippen LogP) is 5.06. The largest absolute Gasteiger partial charge is 0.379 e. The fourth-order valence-corrected chi connectivity index (χ4v) is 4.69. The third-order valence-corrected chi connectivity index (χ3v) is 6.47.